The minimum Gasteiger partial charge on any atom is -0.491 e. The second-order valence-electron chi connectivity index (χ2n) is 9.19. The van der Waals surface area contributed by atoms with E-state index in [1.54, 1.807) is 51.2 Å². The van der Waals surface area contributed by atoms with Gasteiger partial charge in [-0.3, -0.25) is 10.7 Å². The maximum absolute atomic E-state index is 12.0. The van der Waals surface area contributed by atoms with Gasteiger partial charge >= 0.3 is 6.09 Å². The maximum atomic E-state index is 12.0. The summed E-state index contributed by atoms with van der Waals surface area (Å²) >= 11 is 0. The Kier molecular flexibility index (Phi) is 5.26. The molecule has 0 saturated carbocycles. The van der Waals surface area contributed by atoms with Gasteiger partial charge in [-0.2, -0.15) is 0 Å². The summed E-state index contributed by atoms with van der Waals surface area (Å²) in [5.74, 6) is 0.582. The lowest BCUT2D eigenvalue weighted by atomic mass is 9.99. The normalized spacial score (nSPS) is 12.2. The zero-order chi connectivity index (χ0) is 21.4. The number of hydrogen-bond acceptors (Lipinski definition) is 6. The van der Waals surface area contributed by atoms with Crippen LogP contribution in [-0.4, -0.2) is 23.3 Å². The number of aromatic nitrogens is 1. The van der Waals surface area contributed by atoms with Crippen LogP contribution in [0, 0.1) is 10.8 Å². The highest BCUT2D eigenvalue weighted by atomic mass is 16.6. The predicted molar refractivity (Wildman–Crippen MR) is 112 cm³/mol. The van der Waals surface area contributed by atoms with E-state index < -0.39 is 11.7 Å². The second-order valence-corrected chi connectivity index (χ2v) is 9.19. The molecule has 3 rings (SSSR count). The molecule has 0 bridgehead atoms. The van der Waals surface area contributed by atoms with E-state index in [0.29, 0.717) is 40.1 Å². The average Bonchev–Trinajstić information content (AvgIpc) is 2.58. The maximum Gasteiger partial charge on any atom is 0.412 e. The highest BCUT2D eigenvalue weighted by molar-refractivity contribution is 5.93. The Bertz CT molecular complexity index is 1120. The Morgan fingerprint density at radius 1 is 1.14 bits per heavy atom. The standard InChI is InChI=1S/C22H27N3O4/c1-21(2,3)12-27-14-10-16-18(23)15-9-13(25-20(26)29-22(4,5)6)7-8-17(15)28-19(16)24-11-14/h7-11,23H,12H2,1-6H3,(H,25,26). The molecule has 0 aliphatic carbocycles. The van der Waals surface area contributed by atoms with Crippen molar-refractivity contribution in [3.05, 3.63) is 35.8 Å². The number of nitrogens with one attached hydrogen (secondary N) is 2. The van der Waals surface area contributed by atoms with Gasteiger partial charge in [-0.1, -0.05) is 20.8 Å². The Morgan fingerprint density at radius 3 is 2.52 bits per heavy atom. The van der Waals surface area contributed by atoms with E-state index in [4.69, 9.17) is 19.3 Å². The van der Waals surface area contributed by atoms with Gasteiger partial charge in [0.1, 0.15) is 16.9 Å². The third-order valence-corrected chi connectivity index (χ3v) is 3.87. The van der Waals surface area contributed by atoms with Gasteiger partial charge in [0.05, 0.1) is 23.5 Å². The lowest BCUT2D eigenvalue weighted by Gasteiger charge is -2.19. The summed E-state index contributed by atoms with van der Waals surface area (Å²) in [6.45, 7) is 12.2. The summed E-state index contributed by atoms with van der Waals surface area (Å²) in [6.07, 6.45) is 1.04. The van der Waals surface area contributed by atoms with Gasteiger partial charge in [0, 0.05) is 11.1 Å². The zero-order valence-electron chi connectivity index (χ0n) is 17.7. The molecule has 0 aliphatic rings. The molecular weight excluding hydrogens is 370 g/mol. The van der Waals surface area contributed by atoms with Crippen LogP contribution in [0.2, 0.25) is 0 Å². The van der Waals surface area contributed by atoms with Gasteiger partial charge < -0.3 is 13.9 Å². The van der Waals surface area contributed by atoms with E-state index >= 15 is 0 Å². The van der Waals surface area contributed by atoms with Crippen molar-refractivity contribution >= 4 is 33.8 Å². The van der Waals surface area contributed by atoms with Gasteiger partial charge in [-0.05, 0) is 50.5 Å². The molecule has 1 amide bonds. The summed E-state index contributed by atoms with van der Waals surface area (Å²) in [7, 11) is 0. The second kappa shape index (κ2) is 7.39. The number of carbonyl (C=O) groups excluding carboxylic acids is 1. The van der Waals surface area contributed by atoms with Crippen LogP contribution >= 0.6 is 0 Å². The molecule has 0 atom stereocenters. The fourth-order valence-corrected chi connectivity index (χ4v) is 2.64. The van der Waals surface area contributed by atoms with Crippen LogP contribution in [0.15, 0.2) is 34.9 Å². The average molecular weight is 397 g/mol. The van der Waals surface area contributed by atoms with E-state index in [-0.39, 0.29) is 10.8 Å². The first-order valence-corrected chi connectivity index (χ1v) is 9.45. The Labute approximate surface area is 169 Å². The van der Waals surface area contributed by atoms with Crippen LogP contribution in [0.3, 0.4) is 0 Å². The number of fused-ring (bicyclic) bond motifs is 2. The van der Waals surface area contributed by atoms with Gasteiger partial charge in [-0.15, -0.1) is 0 Å². The van der Waals surface area contributed by atoms with Gasteiger partial charge in [0.25, 0.3) is 0 Å². The first kappa shape index (κ1) is 20.6. The number of rotatable bonds is 3. The number of ether oxygens (including phenoxy) is 2. The smallest absolute Gasteiger partial charge is 0.412 e. The van der Waals surface area contributed by atoms with E-state index in [1.165, 1.54) is 0 Å². The summed E-state index contributed by atoms with van der Waals surface area (Å²) in [6, 6.07) is 6.84. The first-order valence-electron chi connectivity index (χ1n) is 9.45. The molecular formula is C22H27N3O4. The SMILES string of the molecule is CC(C)(C)COc1cnc2oc3ccc(NC(=O)OC(C)(C)C)cc3c(=N)c2c1. The van der Waals surface area contributed by atoms with Crippen molar-refractivity contribution in [3.63, 3.8) is 0 Å². The number of amides is 1. The van der Waals surface area contributed by atoms with Crippen molar-refractivity contribution < 1.29 is 18.7 Å². The van der Waals surface area contributed by atoms with Crippen molar-refractivity contribution in [1.29, 1.82) is 5.41 Å². The fraction of sp³-hybridized carbons (Fsp3) is 0.409. The fourth-order valence-electron chi connectivity index (χ4n) is 2.64. The predicted octanol–water partition coefficient (Wildman–Crippen LogP) is 5.23. The molecule has 0 radical (unpaired) electrons. The quantitative estimate of drug-likeness (QED) is 0.590. The molecule has 1 aromatic carbocycles. The molecule has 2 aromatic heterocycles. The van der Waals surface area contributed by atoms with E-state index in [1.807, 2.05) is 0 Å². The van der Waals surface area contributed by atoms with Crippen LogP contribution in [0.25, 0.3) is 22.1 Å². The van der Waals surface area contributed by atoms with Crippen LogP contribution in [-0.2, 0) is 4.74 Å². The molecule has 29 heavy (non-hydrogen) atoms. The molecule has 2 N–H and O–H groups in total. The molecule has 0 aliphatic heterocycles. The van der Waals surface area contributed by atoms with Gasteiger partial charge in [-0.25, -0.2) is 9.78 Å². The van der Waals surface area contributed by atoms with Crippen LogP contribution in [0.5, 0.6) is 5.75 Å². The topological polar surface area (TPSA) is 97.4 Å². The molecule has 0 saturated heterocycles. The molecule has 0 spiro atoms. The molecule has 0 fully saturated rings. The minimum atomic E-state index is -0.595. The van der Waals surface area contributed by atoms with Crippen molar-refractivity contribution in [3.8, 4) is 5.75 Å². The number of hydrogen-bond donors (Lipinski definition) is 2. The third kappa shape index (κ3) is 5.25. The Balaban J connectivity index is 1.96. The molecule has 7 heteroatoms. The van der Waals surface area contributed by atoms with E-state index in [9.17, 15) is 4.79 Å². The molecule has 7 nitrogen and oxygen atoms in total. The minimum absolute atomic E-state index is 0.00868. The molecule has 154 valence electrons. The van der Waals surface area contributed by atoms with Crippen molar-refractivity contribution in [1.82, 2.24) is 4.98 Å². The van der Waals surface area contributed by atoms with E-state index in [2.05, 4.69) is 31.1 Å². The summed E-state index contributed by atoms with van der Waals surface area (Å²) in [5.41, 5.74) is 0.797. The first-order chi connectivity index (χ1) is 13.4. The van der Waals surface area contributed by atoms with Gasteiger partial charge in [0.2, 0.25) is 5.71 Å². The monoisotopic (exact) mass is 397 g/mol. The molecule has 2 heterocycles. The largest absolute Gasteiger partial charge is 0.491 e. The number of pyridine rings is 1. The lowest BCUT2D eigenvalue weighted by molar-refractivity contribution is 0.0636. The highest BCUT2D eigenvalue weighted by Crippen LogP contribution is 2.24. The molecule has 3 aromatic rings. The number of benzene rings is 1. The van der Waals surface area contributed by atoms with Crippen LogP contribution < -0.4 is 15.4 Å². The summed E-state index contributed by atoms with van der Waals surface area (Å²) < 4.78 is 16.9. The third-order valence-electron chi connectivity index (χ3n) is 3.87. The van der Waals surface area contributed by atoms with Crippen molar-refractivity contribution in [2.75, 3.05) is 11.9 Å². The Hall–Kier alpha value is -3.09. The number of nitrogens with zero attached hydrogens (tertiary/aromatic N) is 1. The summed E-state index contributed by atoms with van der Waals surface area (Å²) in [5, 5.41) is 12.6. The number of anilines is 1. The number of carbonyl (C=O) groups is 1. The van der Waals surface area contributed by atoms with E-state index in [0.717, 1.165) is 0 Å². The zero-order valence-corrected chi connectivity index (χ0v) is 17.7. The lowest BCUT2D eigenvalue weighted by Crippen LogP contribution is -2.27. The highest BCUT2D eigenvalue weighted by Gasteiger charge is 2.17. The Morgan fingerprint density at radius 2 is 1.86 bits per heavy atom. The van der Waals surface area contributed by atoms with Crippen LogP contribution in [0.1, 0.15) is 41.5 Å². The van der Waals surface area contributed by atoms with Gasteiger partial charge in [0.15, 0.2) is 0 Å². The van der Waals surface area contributed by atoms with Crippen molar-refractivity contribution in [2.45, 2.75) is 47.1 Å². The van der Waals surface area contributed by atoms with Crippen LogP contribution in [0.4, 0.5) is 10.5 Å². The van der Waals surface area contributed by atoms with Crippen molar-refractivity contribution in [2.24, 2.45) is 5.41 Å². The molecule has 0 unspecified atom stereocenters. The summed E-state index contributed by atoms with van der Waals surface area (Å²) in [4.78, 5) is 16.3.